The van der Waals surface area contributed by atoms with E-state index < -0.39 is 5.41 Å². The van der Waals surface area contributed by atoms with Crippen LogP contribution in [0.5, 0.6) is 0 Å². The van der Waals surface area contributed by atoms with Gasteiger partial charge in [-0.2, -0.15) is 5.21 Å². The van der Waals surface area contributed by atoms with Gasteiger partial charge in [0.15, 0.2) is 11.5 Å². The maximum atomic E-state index is 4.93. The van der Waals surface area contributed by atoms with Gasteiger partial charge in [0.25, 0.3) is 0 Å². The smallest absolute Gasteiger partial charge is 0.189 e. The number of pyridine rings is 1. The van der Waals surface area contributed by atoms with E-state index in [0.29, 0.717) is 5.82 Å². The number of fused-ring (bicyclic) bond motifs is 3. The highest BCUT2D eigenvalue weighted by molar-refractivity contribution is 5.76. The SMILES string of the molecule is CCc1nc2c(C)cc(C)nc2n1Cc1ccc2c(c1)CCc1ccccc1C2(C)c1nn[nH]n1. The van der Waals surface area contributed by atoms with Crippen LogP contribution in [-0.4, -0.2) is 35.2 Å². The number of H-pyrrole nitrogens is 1. The molecule has 7 heteroatoms. The van der Waals surface area contributed by atoms with Gasteiger partial charge < -0.3 is 4.57 Å². The van der Waals surface area contributed by atoms with Crippen LogP contribution in [0.15, 0.2) is 48.5 Å². The number of rotatable bonds is 4. The second kappa shape index (κ2) is 8.12. The highest BCUT2D eigenvalue weighted by Crippen LogP contribution is 2.43. The second-order valence-electron chi connectivity index (χ2n) is 9.73. The molecule has 176 valence electrons. The fraction of sp³-hybridized carbons (Fsp3) is 0.321. The number of aryl methyl sites for hydroxylation is 5. The highest BCUT2D eigenvalue weighted by Gasteiger charge is 2.40. The van der Waals surface area contributed by atoms with Gasteiger partial charge in [-0.3, -0.25) is 0 Å². The van der Waals surface area contributed by atoms with Gasteiger partial charge in [0.1, 0.15) is 11.3 Å². The molecule has 0 spiro atoms. The van der Waals surface area contributed by atoms with Crippen molar-refractivity contribution in [1.29, 1.82) is 0 Å². The van der Waals surface area contributed by atoms with Crippen molar-refractivity contribution in [2.75, 3.05) is 0 Å². The molecule has 1 atom stereocenters. The molecule has 0 aliphatic heterocycles. The molecule has 1 aliphatic rings. The lowest BCUT2D eigenvalue weighted by atomic mass is 9.73. The first-order chi connectivity index (χ1) is 17.0. The first kappa shape index (κ1) is 21.6. The summed E-state index contributed by atoms with van der Waals surface area (Å²) >= 11 is 0. The summed E-state index contributed by atoms with van der Waals surface area (Å²) in [6.07, 6.45) is 2.81. The summed E-state index contributed by atoms with van der Waals surface area (Å²) < 4.78 is 2.28. The molecule has 0 bridgehead atoms. The van der Waals surface area contributed by atoms with Crippen LogP contribution in [0.1, 0.15) is 64.6 Å². The zero-order valence-corrected chi connectivity index (χ0v) is 20.6. The van der Waals surface area contributed by atoms with Crippen molar-refractivity contribution in [2.24, 2.45) is 0 Å². The van der Waals surface area contributed by atoms with Gasteiger partial charge in [0.05, 0.1) is 12.0 Å². The molecule has 35 heavy (non-hydrogen) atoms. The van der Waals surface area contributed by atoms with Crippen LogP contribution < -0.4 is 0 Å². The molecule has 1 N–H and O–H groups in total. The number of aromatic amines is 1. The monoisotopic (exact) mass is 463 g/mol. The lowest BCUT2D eigenvalue weighted by molar-refractivity contribution is 0.632. The number of nitrogens with one attached hydrogen (secondary N) is 1. The fourth-order valence-corrected chi connectivity index (χ4v) is 5.76. The minimum absolute atomic E-state index is 0.472. The van der Waals surface area contributed by atoms with E-state index >= 15 is 0 Å². The van der Waals surface area contributed by atoms with Gasteiger partial charge in [0.2, 0.25) is 0 Å². The molecule has 2 aromatic carbocycles. The van der Waals surface area contributed by atoms with E-state index in [1.54, 1.807) is 0 Å². The topological polar surface area (TPSA) is 85.2 Å². The van der Waals surface area contributed by atoms with Crippen LogP contribution in [0, 0.1) is 13.8 Å². The van der Waals surface area contributed by atoms with Crippen LogP contribution in [0.25, 0.3) is 11.2 Å². The molecule has 0 radical (unpaired) electrons. The molecule has 5 aromatic rings. The second-order valence-corrected chi connectivity index (χ2v) is 9.73. The minimum atomic E-state index is -0.472. The Hall–Kier alpha value is -3.87. The van der Waals surface area contributed by atoms with E-state index in [2.05, 4.69) is 94.5 Å². The van der Waals surface area contributed by atoms with E-state index in [9.17, 15) is 0 Å². The first-order valence-electron chi connectivity index (χ1n) is 12.3. The normalized spacial score (nSPS) is 17.3. The number of benzene rings is 2. The van der Waals surface area contributed by atoms with Crippen LogP contribution in [0.4, 0.5) is 0 Å². The Balaban J connectivity index is 1.48. The number of hydrogen-bond donors (Lipinski definition) is 1. The summed E-state index contributed by atoms with van der Waals surface area (Å²) in [5.41, 5.74) is 10.1. The third-order valence-electron chi connectivity index (χ3n) is 7.48. The summed E-state index contributed by atoms with van der Waals surface area (Å²) in [6, 6.07) is 17.6. The summed E-state index contributed by atoms with van der Waals surface area (Å²) in [5.74, 6) is 1.77. The van der Waals surface area contributed by atoms with Crippen LogP contribution in [0.3, 0.4) is 0 Å². The van der Waals surface area contributed by atoms with Gasteiger partial charge in [-0.15, -0.1) is 10.2 Å². The number of aromatic nitrogens is 7. The molecule has 1 unspecified atom stereocenters. The molecule has 1 aliphatic carbocycles. The van der Waals surface area contributed by atoms with E-state index in [1.165, 1.54) is 33.4 Å². The van der Waals surface area contributed by atoms with Crippen molar-refractivity contribution in [1.82, 2.24) is 35.2 Å². The lowest BCUT2D eigenvalue weighted by Gasteiger charge is -2.29. The maximum Gasteiger partial charge on any atom is 0.189 e. The predicted molar refractivity (Wildman–Crippen MR) is 136 cm³/mol. The molecule has 3 heterocycles. The Bertz CT molecular complexity index is 1550. The van der Waals surface area contributed by atoms with Gasteiger partial charge in [0, 0.05) is 12.1 Å². The Morgan fingerprint density at radius 2 is 1.77 bits per heavy atom. The zero-order chi connectivity index (χ0) is 24.2. The maximum absolute atomic E-state index is 4.93. The van der Waals surface area contributed by atoms with Crippen LogP contribution in [-0.2, 0) is 31.2 Å². The van der Waals surface area contributed by atoms with Gasteiger partial charge in [-0.05, 0) is 73.1 Å². The fourth-order valence-electron chi connectivity index (χ4n) is 5.76. The van der Waals surface area contributed by atoms with Crippen molar-refractivity contribution in [3.8, 4) is 0 Å². The largest absolute Gasteiger partial charge is 0.308 e. The number of hydrogen-bond acceptors (Lipinski definition) is 5. The number of imidazole rings is 1. The Morgan fingerprint density at radius 1 is 0.971 bits per heavy atom. The Morgan fingerprint density at radius 3 is 2.57 bits per heavy atom. The molecule has 7 nitrogen and oxygen atoms in total. The lowest BCUT2D eigenvalue weighted by Crippen LogP contribution is -2.28. The quantitative estimate of drug-likeness (QED) is 0.420. The van der Waals surface area contributed by atoms with Gasteiger partial charge >= 0.3 is 0 Å². The third kappa shape index (κ3) is 3.37. The Labute approximate surface area is 204 Å². The number of nitrogens with zero attached hydrogens (tertiary/aromatic N) is 6. The Kier molecular flexibility index (Phi) is 5.02. The molecule has 6 rings (SSSR count). The minimum Gasteiger partial charge on any atom is -0.308 e. The van der Waals surface area contributed by atoms with Crippen molar-refractivity contribution in [3.63, 3.8) is 0 Å². The molecule has 0 amide bonds. The summed E-state index contributed by atoms with van der Waals surface area (Å²) in [7, 11) is 0. The number of tetrazole rings is 1. The summed E-state index contributed by atoms with van der Waals surface area (Å²) in [6.45, 7) is 9.29. The standard InChI is InChI=1S/C28H29N7/c1-5-24-30-25-17(2)14-18(3)29-26(25)35(24)16-19-10-13-23-21(15-19)12-11-20-8-6-7-9-22(20)28(23,4)27-31-33-34-32-27/h6-10,13-15H,5,11-12,16H2,1-4H3,(H,31,32,33,34). The van der Waals surface area contributed by atoms with E-state index in [0.717, 1.165) is 48.5 Å². The average Bonchev–Trinajstić information content (AvgIpc) is 3.49. The molecule has 0 saturated carbocycles. The van der Waals surface area contributed by atoms with Gasteiger partial charge in [-0.25, -0.2) is 9.97 Å². The van der Waals surface area contributed by atoms with E-state index in [-0.39, 0.29) is 0 Å². The van der Waals surface area contributed by atoms with Crippen LogP contribution >= 0.6 is 0 Å². The van der Waals surface area contributed by atoms with Gasteiger partial charge in [-0.1, -0.05) is 54.6 Å². The summed E-state index contributed by atoms with van der Waals surface area (Å²) in [5, 5.41) is 15.4. The highest BCUT2D eigenvalue weighted by atomic mass is 15.5. The molecule has 3 aromatic heterocycles. The van der Waals surface area contributed by atoms with E-state index in [4.69, 9.17) is 9.97 Å². The zero-order valence-electron chi connectivity index (χ0n) is 20.6. The predicted octanol–water partition coefficient (Wildman–Crippen LogP) is 4.62. The van der Waals surface area contributed by atoms with E-state index in [1.807, 2.05) is 6.92 Å². The molecule has 0 saturated heterocycles. The van der Waals surface area contributed by atoms with Crippen LogP contribution in [0.2, 0.25) is 0 Å². The van der Waals surface area contributed by atoms with Crippen molar-refractivity contribution >= 4 is 11.2 Å². The third-order valence-corrected chi connectivity index (χ3v) is 7.48. The molecular weight excluding hydrogens is 434 g/mol. The van der Waals surface area contributed by atoms with Crippen molar-refractivity contribution < 1.29 is 0 Å². The summed E-state index contributed by atoms with van der Waals surface area (Å²) in [4.78, 5) is 9.79. The molecular formula is C28H29N7. The van der Waals surface area contributed by atoms with Crippen molar-refractivity contribution in [3.05, 3.63) is 99.3 Å². The molecule has 0 fully saturated rings. The first-order valence-corrected chi connectivity index (χ1v) is 12.3. The average molecular weight is 464 g/mol. The van der Waals surface area contributed by atoms with Crippen molar-refractivity contribution in [2.45, 2.75) is 58.9 Å².